The SMILES string of the molecule is N#Cc1c(Br)c(C(F)(F)F)n(COCCBr)c1-c1ccc(Cl)cc1. The highest BCUT2D eigenvalue weighted by atomic mass is 79.9. The maximum absolute atomic E-state index is 13.5. The van der Waals surface area contributed by atoms with Crippen LogP contribution in [0, 0.1) is 11.3 Å². The van der Waals surface area contributed by atoms with Crippen LogP contribution >= 0.6 is 43.5 Å². The quantitative estimate of drug-likeness (QED) is 0.394. The largest absolute Gasteiger partial charge is 0.432 e. The molecule has 1 heterocycles. The molecule has 0 atom stereocenters. The lowest BCUT2D eigenvalue weighted by Gasteiger charge is -2.16. The van der Waals surface area contributed by atoms with Crippen LogP contribution < -0.4 is 0 Å². The van der Waals surface area contributed by atoms with Crippen LogP contribution in [-0.2, 0) is 17.6 Å². The molecular weight excluding hydrogens is 476 g/mol. The summed E-state index contributed by atoms with van der Waals surface area (Å²) in [5, 5.41) is 10.3. The Morgan fingerprint density at radius 3 is 2.38 bits per heavy atom. The number of hydrogen-bond acceptors (Lipinski definition) is 2. The molecule has 0 fully saturated rings. The summed E-state index contributed by atoms with van der Waals surface area (Å²) in [5.41, 5.74) is -0.497. The third-order valence-electron chi connectivity index (χ3n) is 3.14. The number of hydrogen-bond donors (Lipinski definition) is 0. The van der Waals surface area contributed by atoms with E-state index < -0.39 is 11.9 Å². The number of nitriles is 1. The summed E-state index contributed by atoms with van der Waals surface area (Å²) >= 11 is 11.9. The van der Waals surface area contributed by atoms with Crippen molar-refractivity contribution in [2.75, 3.05) is 11.9 Å². The van der Waals surface area contributed by atoms with E-state index in [4.69, 9.17) is 16.3 Å². The Morgan fingerprint density at radius 1 is 1.25 bits per heavy atom. The van der Waals surface area contributed by atoms with Crippen LogP contribution in [0.25, 0.3) is 11.3 Å². The fraction of sp³-hybridized carbons (Fsp3) is 0.267. The van der Waals surface area contributed by atoms with Gasteiger partial charge in [-0.1, -0.05) is 39.7 Å². The number of halogens is 6. The molecule has 0 saturated carbocycles. The molecular formula is C15H10Br2ClF3N2O. The minimum absolute atomic E-state index is 0.105. The molecule has 3 nitrogen and oxygen atoms in total. The van der Waals surface area contributed by atoms with Gasteiger partial charge >= 0.3 is 6.18 Å². The lowest BCUT2D eigenvalue weighted by atomic mass is 10.1. The average Bonchev–Trinajstić information content (AvgIpc) is 2.80. The normalized spacial score (nSPS) is 11.5. The molecule has 0 aliphatic rings. The average molecular weight is 487 g/mol. The molecule has 2 rings (SSSR count). The fourth-order valence-corrected chi connectivity index (χ4v) is 3.28. The lowest BCUT2D eigenvalue weighted by molar-refractivity contribution is -0.146. The van der Waals surface area contributed by atoms with Gasteiger partial charge in [0.25, 0.3) is 0 Å². The molecule has 0 radical (unpaired) electrons. The first-order valence-electron chi connectivity index (χ1n) is 6.60. The van der Waals surface area contributed by atoms with Gasteiger partial charge < -0.3 is 9.30 Å². The van der Waals surface area contributed by atoms with Crippen molar-refractivity contribution < 1.29 is 17.9 Å². The summed E-state index contributed by atoms with van der Waals surface area (Å²) in [7, 11) is 0. The fourth-order valence-electron chi connectivity index (χ4n) is 2.21. The van der Waals surface area contributed by atoms with Gasteiger partial charge in [-0.25, -0.2) is 0 Å². The number of nitrogens with zero attached hydrogens (tertiary/aromatic N) is 2. The molecule has 1 aromatic carbocycles. The third kappa shape index (κ3) is 3.97. The molecule has 2 aromatic rings. The minimum atomic E-state index is -4.65. The summed E-state index contributed by atoms with van der Waals surface area (Å²) in [6, 6.07) is 8.06. The smallest absolute Gasteiger partial charge is 0.360 e. The zero-order valence-electron chi connectivity index (χ0n) is 12.0. The van der Waals surface area contributed by atoms with Crippen molar-refractivity contribution >= 4 is 43.5 Å². The number of alkyl halides is 4. The van der Waals surface area contributed by atoms with Gasteiger partial charge in [0.2, 0.25) is 0 Å². The van der Waals surface area contributed by atoms with Crippen molar-refractivity contribution in [2.24, 2.45) is 0 Å². The monoisotopic (exact) mass is 484 g/mol. The highest BCUT2D eigenvalue weighted by molar-refractivity contribution is 9.10. The summed E-state index contributed by atoms with van der Waals surface area (Å²) in [6.45, 7) is -0.103. The van der Waals surface area contributed by atoms with Gasteiger partial charge in [-0.2, -0.15) is 18.4 Å². The van der Waals surface area contributed by atoms with Crippen molar-refractivity contribution in [3.05, 3.63) is 45.0 Å². The Kier molecular flexibility index (Phi) is 6.37. The first-order chi connectivity index (χ1) is 11.3. The number of rotatable bonds is 5. The molecule has 0 aliphatic heterocycles. The van der Waals surface area contributed by atoms with Gasteiger partial charge in [0.1, 0.15) is 18.5 Å². The van der Waals surface area contributed by atoms with Crippen molar-refractivity contribution in [1.82, 2.24) is 4.57 Å². The molecule has 0 N–H and O–H groups in total. The van der Waals surface area contributed by atoms with Crippen LogP contribution in [0.1, 0.15) is 11.3 Å². The van der Waals surface area contributed by atoms with Crippen molar-refractivity contribution in [3.8, 4) is 17.3 Å². The van der Waals surface area contributed by atoms with Gasteiger partial charge in [0, 0.05) is 10.4 Å². The molecule has 1 aromatic heterocycles. The van der Waals surface area contributed by atoms with Gasteiger partial charge in [0.05, 0.1) is 22.3 Å². The standard InChI is InChI=1S/C15H10Br2ClF3N2O/c16-5-6-24-8-23-13(9-1-3-10(18)4-2-9)11(7-22)12(17)14(23)15(19,20)21/h1-4H,5-6,8H2. The van der Waals surface area contributed by atoms with Crippen LogP contribution in [-0.4, -0.2) is 16.5 Å². The molecule has 24 heavy (non-hydrogen) atoms. The van der Waals surface area contributed by atoms with Gasteiger partial charge in [0.15, 0.2) is 0 Å². The van der Waals surface area contributed by atoms with E-state index in [2.05, 4.69) is 31.9 Å². The van der Waals surface area contributed by atoms with E-state index >= 15 is 0 Å². The third-order valence-corrected chi connectivity index (χ3v) is 4.49. The summed E-state index contributed by atoms with van der Waals surface area (Å²) in [5.74, 6) is 0. The van der Waals surface area contributed by atoms with Crippen molar-refractivity contribution in [3.63, 3.8) is 0 Å². The summed E-state index contributed by atoms with van der Waals surface area (Å²) in [4.78, 5) is 0. The summed E-state index contributed by atoms with van der Waals surface area (Å²) < 4.78 is 46.4. The van der Waals surface area contributed by atoms with E-state index in [1.165, 1.54) is 0 Å². The van der Waals surface area contributed by atoms with Gasteiger partial charge in [-0.15, -0.1) is 0 Å². The molecule has 0 saturated heterocycles. The predicted octanol–water partition coefficient (Wildman–Crippen LogP) is 5.83. The molecule has 0 aliphatic carbocycles. The number of aromatic nitrogens is 1. The van der Waals surface area contributed by atoms with E-state index in [1.807, 2.05) is 6.07 Å². The highest BCUT2D eigenvalue weighted by Crippen LogP contribution is 2.43. The van der Waals surface area contributed by atoms with Crippen LogP contribution in [0.15, 0.2) is 28.7 Å². The highest BCUT2D eigenvalue weighted by Gasteiger charge is 2.40. The summed E-state index contributed by atoms with van der Waals surface area (Å²) in [6.07, 6.45) is -4.65. The Balaban J connectivity index is 2.70. The van der Waals surface area contributed by atoms with E-state index in [-0.39, 0.29) is 29.1 Å². The molecule has 0 spiro atoms. The second-order valence-electron chi connectivity index (χ2n) is 4.66. The van der Waals surface area contributed by atoms with Crippen molar-refractivity contribution in [2.45, 2.75) is 12.9 Å². The zero-order chi connectivity index (χ0) is 17.9. The van der Waals surface area contributed by atoms with Gasteiger partial charge in [-0.05, 0) is 33.6 Å². The van der Waals surface area contributed by atoms with E-state index in [1.54, 1.807) is 24.3 Å². The zero-order valence-corrected chi connectivity index (χ0v) is 15.9. The molecule has 9 heteroatoms. The topological polar surface area (TPSA) is 38.0 Å². The maximum atomic E-state index is 13.5. The van der Waals surface area contributed by atoms with Crippen LogP contribution in [0.2, 0.25) is 5.02 Å². The maximum Gasteiger partial charge on any atom is 0.432 e. The Morgan fingerprint density at radius 2 is 1.88 bits per heavy atom. The molecule has 0 bridgehead atoms. The Bertz CT molecular complexity index is 767. The van der Waals surface area contributed by atoms with Crippen LogP contribution in [0.4, 0.5) is 13.2 Å². The predicted molar refractivity (Wildman–Crippen MR) is 92.0 cm³/mol. The van der Waals surface area contributed by atoms with Crippen LogP contribution in [0.5, 0.6) is 0 Å². The van der Waals surface area contributed by atoms with E-state index in [0.717, 1.165) is 4.57 Å². The Labute approximate surface area is 158 Å². The first kappa shape index (κ1) is 19.3. The number of ether oxygens (including phenoxy) is 1. The van der Waals surface area contributed by atoms with Crippen LogP contribution in [0.3, 0.4) is 0 Å². The van der Waals surface area contributed by atoms with E-state index in [9.17, 15) is 18.4 Å². The molecule has 0 amide bonds. The minimum Gasteiger partial charge on any atom is -0.360 e. The molecule has 0 unspecified atom stereocenters. The lowest BCUT2D eigenvalue weighted by Crippen LogP contribution is -2.17. The second kappa shape index (κ2) is 7.91. The van der Waals surface area contributed by atoms with E-state index in [0.29, 0.717) is 15.9 Å². The second-order valence-corrected chi connectivity index (χ2v) is 6.68. The Hall–Kier alpha value is -1.01. The first-order valence-corrected chi connectivity index (χ1v) is 8.89. The number of benzene rings is 1. The van der Waals surface area contributed by atoms with Crippen molar-refractivity contribution in [1.29, 1.82) is 5.26 Å². The molecule has 128 valence electrons. The van der Waals surface area contributed by atoms with Gasteiger partial charge in [-0.3, -0.25) is 0 Å².